The smallest absolute Gasteiger partial charge is 0.335 e. The average molecular weight is 281 g/mol. The molecule has 1 N–H and O–H groups in total. The number of carboxylic acid groups (broad SMARTS) is 1. The predicted molar refractivity (Wildman–Crippen MR) is 70.0 cm³/mol. The van der Waals surface area contributed by atoms with Crippen molar-refractivity contribution in [3.63, 3.8) is 0 Å². The Morgan fingerprint density at radius 3 is 2.65 bits per heavy atom. The minimum absolute atomic E-state index is 0.113. The summed E-state index contributed by atoms with van der Waals surface area (Å²) in [5.74, 6) is -1.28. The Kier molecular flexibility index (Phi) is 3.80. The molecule has 2 unspecified atom stereocenters. The van der Waals surface area contributed by atoms with Gasteiger partial charge >= 0.3 is 5.97 Å². The molecule has 0 radical (unpaired) electrons. The lowest BCUT2D eigenvalue weighted by Gasteiger charge is -2.41. The zero-order chi connectivity index (χ0) is 15.0. The van der Waals surface area contributed by atoms with Gasteiger partial charge in [-0.2, -0.15) is 5.10 Å². The molecule has 2 heterocycles. The monoisotopic (exact) mass is 281 g/mol. The van der Waals surface area contributed by atoms with Crippen LogP contribution in [0.2, 0.25) is 0 Å². The van der Waals surface area contributed by atoms with E-state index in [-0.39, 0.29) is 18.6 Å². The van der Waals surface area contributed by atoms with Gasteiger partial charge in [0.25, 0.3) is 0 Å². The van der Waals surface area contributed by atoms with E-state index in [1.54, 1.807) is 22.8 Å². The van der Waals surface area contributed by atoms with E-state index in [9.17, 15) is 14.7 Å². The third-order valence-electron chi connectivity index (χ3n) is 3.65. The third kappa shape index (κ3) is 2.29. The highest BCUT2D eigenvalue weighted by molar-refractivity contribution is 5.83. The fraction of sp³-hybridized carbons (Fsp3) is 0.615. The second-order valence-corrected chi connectivity index (χ2v) is 5.22. The number of nitrogens with zero attached hydrogens (tertiary/aromatic N) is 3. The predicted octanol–water partition coefficient (Wildman–Crippen LogP) is 0.490. The van der Waals surface area contributed by atoms with Crippen molar-refractivity contribution in [1.82, 2.24) is 14.7 Å². The van der Waals surface area contributed by atoms with Crippen LogP contribution in [0, 0.1) is 6.92 Å². The molecule has 1 aromatic heterocycles. The summed E-state index contributed by atoms with van der Waals surface area (Å²) in [6.45, 7) is 5.37. The molecule has 0 bridgehead atoms. The van der Waals surface area contributed by atoms with E-state index >= 15 is 0 Å². The van der Waals surface area contributed by atoms with Crippen LogP contribution in [-0.4, -0.2) is 50.4 Å². The zero-order valence-electron chi connectivity index (χ0n) is 12.0. The number of rotatable bonds is 3. The van der Waals surface area contributed by atoms with Gasteiger partial charge in [-0.05, 0) is 20.8 Å². The number of ether oxygens (including phenoxy) is 1. The number of amides is 1. The van der Waals surface area contributed by atoms with E-state index in [4.69, 9.17) is 4.74 Å². The van der Waals surface area contributed by atoms with E-state index in [0.717, 1.165) is 5.69 Å². The van der Waals surface area contributed by atoms with Crippen molar-refractivity contribution in [1.29, 1.82) is 0 Å². The van der Waals surface area contributed by atoms with Gasteiger partial charge in [0, 0.05) is 24.3 Å². The maximum Gasteiger partial charge on any atom is 0.335 e. The molecule has 0 aliphatic carbocycles. The van der Waals surface area contributed by atoms with Gasteiger partial charge in [0.05, 0.1) is 12.2 Å². The summed E-state index contributed by atoms with van der Waals surface area (Å²) in [6, 6.07) is -0.764. The van der Waals surface area contributed by atoms with Gasteiger partial charge < -0.3 is 14.7 Å². The molecular formula is C13H19N3O4. The number of morpholine rings is 1. The van der Waals surface area contributed by atoms with Gasteiger partial charge in [-0.1, -0.05) is 0 Å². The number of carbonyl (C=O) groups is 2. The maximum absolute atomic E-state index is 12.1. The van der Waals surface area contributed by atoms with Crippen LogP contribution in [0.25, 0.3) is 0 Å². The number of aromatic nitrogens is 2. The van der Waals surface area contributed by atoms with Crippen molar-refractivity contribution in [3.8, 4) is 0 Å². The number of hydrogen-bond acceptors (Lipinski definition) is 4. The van der Waals surface area contributed by atoms with Gasteiger partial charge in [-0.25, -0.2) is 4.79 Å². The molecule has 0 aromatic carbocycles. The second kappa shape index (κ2) is 5.24. The molecule has 2 rings (SSSR count). The van der Waals surface area contributed by atoms with Gasteiger partial charge in [0.15, 0.2) is 6.10 Å². The number of hydrogen-bond donors (Lipinski definition) is 1. The largest absolute Gasteiger partial charge is 0.479 e. The highest BCUT2D eigenvalue weighted by atomic mass is 16.5. The molecule has 20 heavy (non-hydrogen) atoms. The van der Waals surface area contributed by atoms with E-state index < -0.39 is 18.1 Å². The molecule has 1 aliphatic rings. The number of aliphatic carboxylic acids is 1. The van der Waals surface area contributed by atoms with Crippen molar-refractivity contribution in [2.24, 2.45) is 7.05 Å². The van der Waals surface area contributed by atoms with Gasteiger partial charge in [-0.3, -0.25) is 9.48 Å². The van der Waals surface area contributed by atoms with Crippen molar-refractivity contribution in [2.45, 2.75) is 39.0 Å². The second-order valence-electron chi connectivity index (χ2n) is 5.22. The molecule has 0 spiro atoms. The minimum Gasteiger partial charge on any atom is -0.479 e. The first-order chi connectivity index (χ1) is 9.34. The normalized spacial score (nSPS) is 23.4. The molecule has 2 atom stereocenters. The third-order valence-corrected chi connectivity index (χ3v) is 3.65. The summed E-state index contributed by atoms with van der Waals surface area (Å²) < 4.78 is 6.89. The minimum atomic E-state index is -1.07. The van der Waals surface area contributed by atoms with Crippen LogP contribution in [-0.2, 0) is 21.4 Å². The van der Waals surface area contributed by atoms with Crippen LogP contribution in [0.3, 0.4) is 0 Å². The lowest BCUT2D eigenvalue weighted by Crippen LogP contribution is -2.54. The molecule has 7 nitrogen and oxygen atoms in total. The lowest BCUT2D eigenvalue weighted by atomic mass is 9.97. The van der Waals surface area contributed by atoms with Gasteiger partial charge in [0.2, 0.25) is 5.91 Å². The molecule has 1 aromatic rings. The molecule has 1 aliphatic heterocycles. The van der Waals surface area contributed by atoms with Crippen molar-refractivity contribution in [2.75, 3.05) is 6.61 Å². The first-order valence-corrected chi connectivity index (χ1v) is 6.48. The van der Waals surface area contributed by atoms with Crippen LogP contribution in [0.4, 0.5) is 0 Å². The van der Waals surface area contributed by atoms with Crippen molar-refractivity contribution < 1.29 is 19.4 Å². The van der Waals surface area contributed by atoms with Gasteiger partial charge in [0.1, 0.15) is 6.61 Å². The molecule has 1 amide bonds. The quantitative estimate of drug-likeness (QED) is 0.871. The Morgan fingerprint density at radius 1 is 1.55 bits per heavy atom. The molecule has 7 heteroatoms. The Bertz CT molecular complexity index is 538. The first-order valence-electron chi connectivity index (χ1n) is 6.48. The highest BCUT2D eigenvalue weighted by Crippen LogP contribution is 2.33. The summed E-state index contributed by atoms with van der Waals surface area (Å²) in [6.07, 6.45) is 0.533. The van der Waals surface area contributed by atoms with Crippen molar-refractivity contribution >= 4 is 11.9 Å². The van der Waals surface area contributed by atoms with Crippen LogP contribution >= 0.6 is 0 Å². The Balaban J connectivity index is 2.51. The lowest BCUT2D eigenvalue weighted by molar-refractivity contribution is -0.175. The van der Waals surface area contributed by atoms with E-state index in [0.29, 0.717) is 5.56 Å². The standard InChI is InChI=1S/C13H19N3O4/c1-7(2)16-10(17)6-20-12(13(18)19)11(16)9-5-14-15(4)8(9)3/h5,7,11-12H,6H2,1-4H3,(H,18,19). The van der Waals surface area contributed by atoms with Crippen LogP contribution < -0.4 is 0 Å². The Labute approximate surface area is 117 Å². The summed E-state index contributed by atoms with van der Waals surface area (Å²) in [5, 5.41) is 13.5. The SMILES string of the molecule is Cc1c(C2C(C(=O)O)OCC(=O)N2C(C)C)cnn1C. The average Bonchev–Trinajstić information content (AvgIpc) is 2.68. The summed E-state index contributed by atoms with van der Waals surface area (Å²) in [7, 11) is 1.78. The summed E-state index contributed by atoms with van der Waals surface area (Å²) >= 11 is 0. The van der Waals surface area contributed by atoms with Crippen LogP contribution in [0.1, 0.15) is 31.1 Å². The zero-order valence-corrected chi connectivity index (χ0v) is 12.0. The molecule has 1 saturated heterocycles. The number of carbonyl (C=O) groups excluding carboxylic acids is 1. The highest BCUT2D eigenvalue weighted by Gasteiger charge is 2.44. The van der Waals surface area contributed by atoms with E-state index in [1.807, 2.05) is 20.8 Å². The van der Waals surface area contributed by atoms with E-state index in [1.165, 1.54) is 0 Å². The van der Waals surface area contributed by atoms with Gasteiger partial charge in [-0.15, -0.1) is 0 Å². The van der Waals surface area contributed by atoms with Crippen molar-refractivity contribution in [3.05, 3.63) is 17.5 Å². The molecule has 110 valence electrons. The maximum atomic E-state index is 12.1. The van der Waals surface area contributed by atoms with Crippen LogP contribution in [0.5, 0.6) is 0 Å². The first kappa shape index (κ1) is 14.5. The summed E-state index contributed by atoms with van der Waals surface area (Å²) in [5.41, 5.74) is 1.53. The topological polar surface area (TPSA) is 84.7 Å². The molecule has 1 fully saturated rings. The molecule has 0 saturated carbocycles. The Morgan fingerprint density at radius 2 is 2.20 bits per heavy atom. The summed E-state index contributed by atoms with van der Waals surface area (Å²) in [4.78, 5) is 25.1. The fourth-order valence-electron chi connectivity index (χ4n) is 2.56. The van der Waals surface area contributed by atoms with Crippen LogP contribution in [0.15, 0.2) is 6.20 Å². The number of carboxylic acids is 1. The molecular weight excluding hydrogens is 262 g/mol. The fourth-order valence-corrected chi connectivity index (χ4v) is 2.56. The number of aryl methyl sites for hydroxylation is 1. The van der Waals surface area contributed by atoms with E-state index in [2.05, 4.69) is 5.10 Å². The Hall–Kier alpha value is -1.89.